The zero-order valence-electron chi connectivity index (χ0n) is 11.8. The van der Waals surface area contributed by atoms with Crippen LogP contribution in [0, 0.1) is 0 Å². The van der Waals surface area contributed by atoms with Gasteiger partial charge in [-0.25, -0.2) is 0 Å². The molecule has 0 fully saturated rings. The predicted molar refractivity (Wildman–Crippen MR) is 86.5 cm³/mol. The number of nitrogens with two attached hydrogens (primary N) is 1. The Balaban J connectivity index is 2.04. The Morgan fingerprint density at radius 3 is 2.62 bits per heavy atom. The maximum atomic E-state index is 12.2. The summed E-state index contributed by atoms with van der Waals surface area (Å²) in [6, 6.07) is 15.0. The Bertz CT molecular complexity index is 616. The number of halogens is 1. The summed E-state index contributed by atoms with van der Waals surface area (Å²) in [5.41, 5.74) is 4.67. The van der Waals surface area contributed by atoms with Crippen molar-refractivity contribution < 1.29 is 4.79 Å². The second-order valence-electron chi connectivity index (χ2n) is 4.86. The van der Waals surface area contributed by atoms with Crippen molar-refractivity contribution >= 4 is 23.2 Å². The Hall–Kier alpha value is -2.04. The highest BCUT2D eigenvalue weighted by Gasteiger charge is 2.13. The summed E-state index contributed by atoms with van der Waals surface area (Å²) in [5.74, 6) is 5.44. The molecule has 0 saturated carbocycles. The van der Waals surface area contributed by atoms with E-state index in [0.29, 0.717) is 22.8 Å². The van der Waals surface area contributed by atoms with Crippen molar-refractivity contribution in [2.75, 3.05) is 12.0 Å². The van der Waals surface area contributed by atoms with Crippen LogP contribution in [-0.2, 0) is 0 Å². The van der Waals surface area contributed by atoms with Crippen LogP contribution in [0.5, 0.6) is 0 Å². The highest BCUT2D eigenvalue weighted by atomic mass is 35.5. The van der Waals surface area contributed by atoms with Crippen LogP contribution in [0.2, 0.25) is 5.02 Å². The van der Waals surface area contributed by atoms with Crippen LogP contribution in [0.3, 0.4) is 0 Å². The first-order valence-corrected chi connectivity index (χ1v) is 7.09. The molecule has 1 atom stereocenters. The van der Waals surface area contributed by atoms with Gasteiger partial charge in [0.2, 0.25) is 0 Å². The van der Waals surface area contributed by atoms with E-state index in [1.54, 1.807) is 18.2 Å². The summed E-state index contributed by atoms with van der Waals surface area (Å²) in [5, 5.41) is 3.40. The van der Waals surface area contributed by atoms with Crippen molar-refractivity contribution in [3.63, 3.8) is 0 Å². The minimum atomic E-state index is -0.201. The third-order valence-electron chi connectivity index (χ3n) is 3.32. The minimum absolute atomic E-state index is 0.201. The summed E-state index contributed by atoms with van der Waals surface area (Å²) in [4.78, 5) is 12.2. The van der Waals surface area contributed by atoms with Crippen molar-refractivity contribution in [3.05, 3.63) is 64.7 Å². The van der Waals surface area contributed by atoms with Crippen molar-refractivity contribution in [3.8, 4) is 0 Å². The number of carbonyl (C=O) groups is 1. The third-order valence-corrected chi connectivity index (χ3v) is 3.55. The third kappa shape index (κ3) is 3.97. The summed E-state index contributed by atoms with van der Waals surface area (Å²) in [6.45, 7) is 2.61. The molecule has 2 rings (SSSR count). The van der Waals surface area contributed by atoms with Gasteiger partial charge in [-0.15, -0.1) is 0 Å². The quantitative estimate of drug-likeness (QED) is 0.587. The van der Waals surface area contributed by atoms with Crippen LogP contribution in [0.4, 0.5) is 5.69 Å². The first-order chi connectivity index (χ1) is 10.1. The number of hydrogen-bond acceptors (Lipinski definition) is 3. The largest absolute Gasteiger partial charge is 0.351 e. The lowest BCUT2D eigenvalue weighted by Gasteiger charge is -2.14. The van der Waals surface area contributed by atoms with Gasteiger partial charge in [-0.3, -0.25) is 10.6 Å². The second-order valence-corrected chi connectivity index (χ2v) is 5.29. The molecule has 0 aliphatic heterocycles. The van der Waals surface area contributed by atoms with Crippen molar-refractivity contribution in [1.29, 1.82) is 0 Å². The molecule has 4 nitrogen and oxygen atoms in total. The number of benzene rings is 2. The first kappa shape index (κ1) is 15.4. The lowest BCUT2D eigenvalue weighted by atomic mass is 10.0. The average Bonchev–Trinajstić information content (AvgIpc) is 2.53. The van der Waals surface area contributed by atoms with E-state index in [1.807, 2.05) is 30.3 Å². The van der Waals surface area contributed by atoms with Gasteiger partial charge >= 0.3 is 0 Å². The van der Waals surface area contributed by atoms with Gasteiger partial charge in [0.25, 0.3) is 5.91 Å². The van der Waals surface area contributed by atoms with Gasteiger partial charge in [-0.2, -0.15) is 0 Å². The second kappa shape index (κ2) is 7.11. The van der Waals surface area contributed by atoms with E-state index in [4.69, 9.17) is 17.4 Å². The van der Waals surface area contributed by atoms with Crippen molar-refractivity contribution in [2.45, 2.75) is 12.8 Å². The minimum Gasteiger partial charge on any atom is -0.351 e. The number of carbonyl (C=O) groups excluding carboxylic acids is 1. The molecule has 110 valence electrons. The molecule has 0 spiro atoms. The molecular weight excluding hydrogens is 286 g/mol. The molecule has 0 aliphatic carbocycles. The molecule has 0 radical (unpaired) electrons. The fourth-order valence-electron chi connectivity index (χ4n) is 2.07. The maximum absolute atomic E-state index is 12.2. The highest BCUT2D eigenvalue weighted by molar-refractivity contribution is 6.31. The number of anilines is 1. The Morgan fingerprint density at radius 1 is 1.24 bits per heavy atom. The Kier molecular flexibility index (Phi) is 5.20. The summed E-state index contributed by atoms with van der Waals surface area (Å²) in [6.07, 6.45) is 0. The van der Waals surface area contributed by atoms with Gasteiger partial charge in [-0.1, -0.05) is 48.9 Å². The van der Waals surface area contributed by atoms with E-state index >= 15 is 0 Å². The molecule has 1 unspecified atom stereocenters. The number of hydrazine groups is 1. The normalized spacial score (nSPS) is 11.8. The van der Waals surface area contributed by atoms with Crippen LogP contribution in [0.15, 0.2) is 48.5 Å². The number of hydrogen-bond donors (Lipinski definition) is 3. The molecule has 0 aliphatic rings. The first-order valence-electron chi connectivity index (χ1n) is 6.71. The standard InChI is InChI=1S/C16H18ClN3O/c1-11(12-5-3-2-4-6-12)10-19-16(21)14-9-13(17)7-8-15(14)20-18/h2-9,11,20H,10,18H2,1H3,(H,19,21). The Morgan fingerprint density at radius 2 is 1.95 bits per heavy atom. The molecule has 4 N–H and O–H groups in total. The predicted octanol–water partition coefficient (Wildman–Crippen LogP) is 3.16. The SMILES string of the molecule is CC(CNC(=O)c1cc(Cl)ccc1NN)c1ccccc1. The van der Waals surface area contributed by atoms with Crippen LogP contribution < -0.4 is 16.6 Å². The molecule has 0 aromatic heterocycles. The molecular formula is C16H18ClN3O. The van der Waals surface area contributed by atoms with Crippen LogP contribution in [0.1, 0.15) is 28.8 Å². The highest BCUT2D eigenvalue weighted by Crippen LogP contribution is 2.20. The van der Waals surface area contributed by atoms with Crippen LogP contribution >= 0.6 is 11.6 Å². The van der Waals surface area contributed by atoms with Crippen molar-refractivity contribution in [2.24, 2.45) is 5.84 Å². The molecule has 0 saturated heterocycles. The number of amides is 1. The summed E-state index contributed by atoms with van der Waals surface area (Å²) >= 11 is 5.93. The van der Waals surface area contributed by atoms with E-state index in [9.17, 15) is 4.79 Å². The maximum Gasteiger partial charge on any atom is 0.253 e. The van der Waals surface area contributed by atoms with Gasteiger partial charge in [0.15, 0.2) is 0 Å². The lowest BCUT2D eigenvalue weighted by Crippen LogP contribution is -2.28. The zero-order valence-corrected chi connectivity index (χ0v) is 12.5. The van der Waals surface area contributed by atoms with Gasteiger partial charge in [0.05, 0.1) is 11.3 Å². The van der Waals surface area contributed by atoms with Gasteiger partial charge in [-0.05, 0) is 29.7 Å². The monoisotopic (exact) mass is 303 g/mol. The molecule has 1 amide bonds. The van der Waals surface area contributed by atoms with Gasteiger partial charge < -0.3 is 10.7 Å². The summed E-state index contributed by atoms with van der Waals surface area (Å²) < 4.78 is 0. The zero-order chi connectivity index (χ0) is 15.2. The number of nitrogen functional groups attached to an aromatic ring is 1. The lowest BCUT2D eigenvalue weighted by molar-refractivity contribution is 0.0952. The Labute approximate surface area is 129 Å². The van der Waals surface area contributed by atoms with Crippen LogP contribution in [-0.4, -0.2) is 12.5 Å². The van der Waals surface area contributed by atoms with Crippen LogP contribution in [0.25, 0.3) is 0 Å². The molecule has 0 heterocycles. The van der Waals surface area contributed by atoms with Gasteiger partial charge in [0, 0.05) is 11.6 Å². The molecule has 0 bridgehead atoms. The van der Waals surface area contributed by atoms with Crippen molar-refractivity contribution in [1.82, 2.24) is 5.32 Å². The summed E-state index contributed by atoms with van der Waals surface area (Å²) in [7, 11) is 0. The molecule has 2 aromatic carbocycles. The topological polar surface area (TPSA) is 67.2 Å². The number of rotatable bonds is 5. The van der Waals surface area contributed by atoms with E-state index in [0.717, 1.165) is 0 Å². The van der Waals surface area contributed by atoms with E-state index in [1.165, 1.54) is 5.56 Å². The fourth-order valence-corrected chi connectivity index (χ4v) is 2.24. The molecule has 5 heteroatoms. The van der Waals surface area contributed by atoms with E-state index < -0.39 is 0 Å². The van der Waals surface area contributed by atoms with Gasteiger partial charge in [0.1, 0.15) is 0 Å². The molecule has 2 aromatic rings. The van der Waals surface area contributed by atoms with E-state index in [-0.39, 0.29) is 11.8 Å². The fraction of sp³-hybridized carbons (Fsp3) is 0.188. The average molecular weight is 304 g/mol. The number of nitrogens with one attached hydrogen (secondary N) is 2. The molecule has 21 heavy (non-hydrogen) atoms. The smallest absolute Gasteiger partial charge is 0.253 e. The van der Waals surface area contributed by atoms with E-state index in [2.05, 4.69) is 17.7 Å².